The summed E-state index contributed by atoms with van der Waals surface area (Å²) in [5.74, 6) is -1.26. The fourth-order valence-corrected chi connectivity index (χ4v) is 2.84. The Kier molecular flexibility index (Phi) is 6.18. The van der Waals surface area contributed by atoms with Gasteiger partial charge in [-0.2, -0.15) is 13.5 Å². The molecule has 0 N–H and O–H groups in total. The molecular formula is C13H16BrFN2O4S. The normalized spacial score (nSPS) is 17.1. The van der Waals surface area contributed by atoms with Crippen molar-refractivity contribution in [2.24, 2.45) is 5.92 Å². The molecule has 9 heteroatoms. The largest absolute Gasteiger partial charge is 0.469 e. The van der Waals surface area contributed by atoms with Crippen molar-refractivity contribution in [2.75, 3.05) is 25.1 Å². The third kappa shape index (κ3) is 3.35. The van der Waals surface area contributed by atoms with E-state index in [9.17, 15) is 19.3 Å². The van der Waals surface area contributed by atoms with Crippen LogP contribution in [0.2, 0.25) is 0 Å². The lowest BCUT2D eigenvalue weighted by Gasteiger charge is -2.19. The van der Waals surface area contributed by atoms with Crippen molar-refractivity contribution in [3.63, 3.8) is 0 Å². The first-order chi connectivity index (χ1) is 9.86. The fraction of sp³-hybridized carbons (Fsp3) is 0.462. The second kappa shape index (κ2) is 7.28. The summed E-state index contributed by atoms with van der Waals surface area (Å²) in [6.45, 7) is 2.22. The maximum Gasteiger partial charge on any atom is 0.310 e. The quantitative estimate of drug-likeness (QED) is 0.447. The van der Waals surface area contributed by atoms with Gasteiger partial charge in [0, 0.05) is 24.7 Å². The summed E-state index contributed by atoms with van der Waals surface area (Å²) < 4.78 is 18.6. The molecule has 1 saturated heterocycles. The zero-order chi connectivity index (χ0) is 15.7. The number of nitrogens with zero attached hydrogens (tertiary/aromatic N) is 2. The van der Waals surface area contributed by atoms with E-state index in [1.165, 1.54) is 14.0 Å². The minimum Gasteiger partial charge on any atom is -0.469 e. The highest BCUT2D eigenvalue weighted by molar-refractivity contribution is 9.10. The maximum atomic E-state index is 13.9. The van der Waals surface area contributed by atoms with Crippen LogP contribution in [-0.4, -0.2) is 31.1 Å². The molecule has 6 nitrogen and oxygen atoms in total. The lowest BCUT2D eigenvalue weighted by atomic mass is 10.1. The molecule has 1 fully saturated rings. The number of halogens is 2. The molecule has 1 aliphatic rings. The molecule has 0 aromatic heterocycles. The second-order valence-corrected chi connectivity index (χ2v) is 5.67. The predicted molar refractivity (Wildman–Crippen MR) is 88.2 cm³/mol. The van der Waals surface area contributed by atoms with Crippen molar-refractivity contribution in [3.8, 4) is 0 Å². The van der Waals surface area contributed by atoms with Crippen LogP contribution in [0.5, 0.6) is 0 Å². The van der Waals surface area contributed by atoms with Gasteiger partial charge in [0.25, 0.3) is 5.69 Å². The van der Waals surface area contributed by atoms with Crippen LogP contribution in [0.15, 0.2) is 10.5 Å². The van der Waals surface area contributed by atoms with Crippen LogP contribution in [-0.2, 0) is 9.53 Å². The van der Waals surface area contributed by atoms with Gasteiger partial charge in [-0.1, -0.05) is 0 Å². The van der Waals surface area contributed by atoms with E-state index in [4.69, 9.17) is 0 Å². The molecule has 1 aromatic carbocycles. The van der Waals surface area contributed by atoms with Gasteiger partial charge in [0.15, 0.2) is 0 Å². The van der Waals surface area contributed by atoms with Crippen molar-refractivity contribution in [3.05, 3.63) is 32.0 Å². The number of anilines is 1. The van der Waals surface area contributed by atoms with E-state index >= 15 is 0 Å². The van der Waals surface area contributed by atoms with Gasteiger partial charge in [-0.05, 0) is 29.3 Å². The van der Waals surface area contributed by atoms with Gasteiger partial charge in [0.2, 0.25) is 0 Å². The molecule has 0 amide bonds. The average molecular weight is 395 g/mol. The van der Waals surface area contributed by atoms with E-state index < -0.39 is 10.7 Å². The van der Waals surface area contributed by atoms with Gasteiger partial charge >= 0.3 is 5.97 Å². The molecule has 0 aliphatic carbocycles. The first-order valence-corrected chi connectivity index (χ1v) is 7.11. The van der Waals surface area contributed by atoms with Crippen LogP contribution in [0.3, 0.4) is 0 Å². The number of nitro benzene ring substituents is 1. The third-order valence-electron chi connectivity index (χ3n) is 3.65. The molecule has 1 heterocycles. The van der Waals surface area contributed by atoms with Crippen LogP contribution in [0, 0.1) is 28.8 Å². The zero-order valence-electron chi connectivity index (χ0n) is 12.1. The zero-order valence-corrected chi connectivity index (χ0v) is 14.6. The molecule has 0 saturated carbocycles. The Labute approximate surface area is 142 Å². The molecule has 0 unspecified atom stereocenters. The number of ether oxygens (including phenoxy) is 1. The smallest absolute Gasteiger partial charge is 0.310 e. The minimum atomic E-state index is -0.561. The van der Waals surface area contributed by atoms with Gasteiger partial charge in [-0.15, -0.1) is 0 Å². The van der Waals surface area contributed by atoms with Crippen LogP contribution in [0.4, 0.5) is 15.8 Å². The number of nitro groups is 1. The van der Waals surface area contributed by atoms with Gasteiger partial charge < -0.3 is 9.64 Å². The summed E-state index contributed by atoms with van der Waals surface area (Å²) in [6, 6.07) is 1.13. The topological polar surface area (TPSA) is 72.7 Å². The number of methoxy groups -OCH3 is 1. The summed E-state index contributed by atoms with van der Waals surface area (Å²) in [5.41, 5.74) is 0.287. The van der Waals surface area contributed by atoms with Crippen LogP contribution >= 0.6 is 29.4 Å². The number of carbonyl (C=O) groups is 1. The standard InChI is InChI=1S/C13H14BrFN2O4.H2S/c1-7-11(14)9(15)5-10(12(7)17(19)20)16-4-3-8(6-16)13(18)21-2;/h5,8H,3-4,6H2,1-2H3;1H2/t8-;/m0./s1. The summed E-state index contributed by atoms with van der Waals surface area (Å²) in [6.07, 6.45) is 0.528. The molecule has 1 aliphatic heterocycles. The van der Waals surface area contributed by atoms with Crippen molar-refractivity contribution >= 4 is 46.8 Å². The SMILES string of the molecule is COC(=O)[C@H]1CCN(c2cc(F)c(Br)c(C)c2[N+](=O)[O-])C1.S. The molecule has 2 rings (SSSR count). The molecule has 0 spiro atoms. The fourth-order valence-electron chi connectivity index (χ4n) is 2.54. The summed E-state index contributed by atoms with van der Waals surface area (Å²) in [4.78, 5) is 23.9. The van der Waals surface area contributed by atoms with Crippen LogP contribution in [0.25, 0.3) is 0 Å². The molecule has 122 valence electrons. The number of hydrogen-bond acceptors (Lipinski definition) is 5. The van der Waals surface area contributed by atoms with Crippen molar-refractivity contribution in [2.45, 2.75) is 13.3 Å². The summed E-state index contributed by atoms with van der Waals surface area (Å²) >= 11 is 3.02. The Morgan fingerprint density at radius 2 is 2.23 bits per heavy atom. The van der Waals surface area contributed by atoms with E-state index in [0.717, 1.165) is 6.07 Å². The monoisotopic (exact) mass is 394 g/mol. The molecule has 22 heavy (non-hydrogen) atoms. The number of carbonyl (C=O) groups excluding carboxylic acids is 1. The number of esters is 1. The summed E-state index contributed by atoms with van der Waals surface area (Å²) in [5, 5.41) is 11.3. The van der Waals surface area contributed by atoms with E-state index in [1.807, 2.05) is 0 Å². The van der Waals surface area contributed by atoms with E-state index in [0.29, 0.717) is 13.0 Å². The lowest BCUT2D eigenvalue weighted by molar-refractivity contribution is -0.384. The first-order valence-electron chi connectivity index (χ1n) is 6.32. The lowest BCUT2D eigenvalue weighted by Crippen LogP contribution is -2.24. The molecule has 0 bridgehead atoms. The van der Waals surface area contributed by atoms with E-state index in [1.54, 1.807) is 4.90 Å². The molecule has 0 radical (unpaired) electrons. The highest BCUT2D eigenvalue weighted by Gasteiger charge is 2.34. The van der Waals surface area contributed by atoms with Crippen molar-refractivity contribution in [1.82, 2.24) is 0 Å². The number of rotatable bonds is 3. The molecule has 1 atom stereocenters. The Hall–Kier alpha value is -1.35. The Bertz CT molecular complexity index is 614. The van der Waals surface area contributed by atoms with Gasteiger partial charge in [-0.25, -0.2) is 4.39 Å². The predicted octanol–water partition coefficient (Wildman–Crippen LogP) is 2.92. The average Bonchev–Trinajstić information content (AvgIpc) is 2.92. The number of benzene rings is 1. The second-order valence-electron chi connectivity index (χ2n) is 4.88. The van der Waals surface area contributed by atoms with Gasteiger partial charge in [-0.3, -0.25) is 14.9 Å². The highest BCUT2D eigenvalue weighted by Crippen LogP contribution is 2.39. The maximum absolute atomic E-state index is 13.9. The number of hydrogen-bond donors (Lipinski definition) is 0. The highest BCUT2D eigenvalue weighted by atomic mass is 79.9. The molecular weight excluding hydrogens is 379 g/mol. The van der Waals surface area contributed by atoms with Gasteiger partial charge in [0.1, 0.15) is 11.5 Å². The van der Waals surface area contributed by atoms with Crippen LogP contribution < -0.4 is 4.90 Å². The van der Waals surface area contributed by atoms with Crippen LogP contribution in [0.1, 0.15) is 12.0 Å². The van der Waals surface area contributed by atoms with Gasteiger partial charge in [0.05, 0.1) is 22.4 Å². The third-order valence-corrected chi connectivity index (χ3v) is 4.62. The van der Waals surface area contributed by atoms with Crippen molar-refractivity contribution in [1.29, 1.82) is 0 Å². The van der Waals surface area contributed by atoms with E-state index in [-0.39, 0.29) is 53.3 Å². The minimum absolute atomic E-state index is 0. The van der Waals surface area contributed by atoms with Crippen molar-refractivity contribution < 1.29 is 18.8 Å². The first kappa shape index (κ1) is 18.7. The van der Waals surface area contributed by atoms with E-state index in [2.05, 4.69) is 20.7 Å². The Morgan fingerprint density at radius 3 is 2.77 bits per heavy atom. The summed E-state index contributed by atoms with van der Waals surface area (Å²) in [7, 11) is 1.30. The Balaban J connectivity index is 0.00000242. The Morgan fingerprint density at radius 1 is 1.59 bits per heavy atom. The molecule has 1 aromatic rings.